The SMILES string of the molecule is CCOC(=O)c1ccc(C)c(NC(=S)NCCCN2CCC[C@H](C)C2)c1. The van der Waals surface area contributed by atoms with Crippen LogP contribution in [0.4, 0.5) is 5.69 Å². The summed E-state index contributed by atoms with van der Waals surface area (Å²) in [5, 5.41) is 7.04. The van der Waals surface area contributed by atoms with Crippen LogP contribution in [0.25, 0.3) is 0 Å². The normalized spacial score (nSPS) is 17.6. The number of hydrogen-bond donors (Lipinski definition) is 2. The van der Waals surface area contributed by atoms with E-state index >= 15 is 0 Å². The number of likely N-dealkylation sites (tertiary alicyclic amines) is 1. The Balaban J connectivity index is 1.76. The molecule has 0 saturated carbocycles. The number of benzene rings is 1. The molecular formula is C20H31N3O2S. The highest BCUT2D eigenvalue weighted by atomic mass is 32.1. The van der Waals surface area contributed by atoms with Crippen molar-refractivity contribution in [1.29, 1.82) is 0 Å². The molecule has 5 nitrogen and oxygen atoms in total. The third-order valence-electron chi connectivity index (χ3n) is 4.67. The number of carbonyl (C=O) groups excluding carboxylic acids is 1. The second-order valence-electron chi connectivity index (χ2n) is 7.03. The molecule has 2 N–H and O–H groups in total. The van der Waals surface area contributed by atoms with Crippen LogP contribution in [0.5, 0.6) is 0 Å². The highest BCUT2D eigenvalue weighted by molar-refractivity contribution is 7.80. The molecule has 0 bridgehead atoms. The van der Waals surface area contributed by atoms with Gasteiger partial charge in [0.1, 0.15) is 0 Å². The van der Waals surface area contributed by atoms with Crippen LogP contribution in [0.15, 0.2) is 18.2 Å². The van der Waals surface area contributed by atoms with Gasteiger partial charge >= 0.3 is 5.97 Å². The van der Waals surface area contributed by atoms with Crippen molar-refractivity contribution in [2.45, 2.75) is 40.0 Å². The summed E-state index contributed by atoms with van der Waals surface area (Å²) in [6.07, 6.45) is 3.73. The number of nitrogens with one attached hydrogen (secondary N) is 2. The number of anilines is 1. The number of hydrogen-bond acceptors (Lipinski definition) is 4. The smallest absolute Gasteiger partial charge is 0.338 e. The third-order valence-corrected chi connectivity index (χ3v) is 4.92. The van der Waals surface area contributed by atoms with Crippen LogP contribution < -0.4 is 10.6 Å². The van der Waals surface area contributed by atoms with Gasteiger partial charge in [0, 0.05) is 18.8 Å². The number of carbonyl (C=O) groups is 1. The summed E-state index contributed by atoms with van der Waals surface area (Å²) in [5.74, 6) is 0.499. The van der Waals surface area contributed by atoms with Gasteiger partial charge in [0.25, 0.3) is 0 Å². The monoisotopic (exact) mass is 377 g/mol. The predicted octanol–water partition coefficient (Wildman–Crippen LogP) is 3.58. The molecule has 0 aromatic heterocycles. The molecule has 144 valence electrons. The minimum absolute atomic E-state index is 0.315. The minimum atomic E-state index is -0.315. The Hall–Kier alpha value is -1.66. The van der Waals surface area contributed by atoms with Crippen molar-refractivity contribution in [3.8, 4) is 0 Å². The molecule has 6 heteroatoms. The van der Waals surface area contributed by atoms with Crippen molar-refractivity contribution in [3.63, 3.8) is 0 Å². The van der Waals surface area contributed by atoms with Gasteiger partial charge < -0.3 is 20.3 Å². The molecule has 0 spiro atoms. The second-order valence-corrected chi connectivity index (χ2v) is 7.44. The van der Waals surface area contributed by atoms with Gasteiger partial charge in [-0.05, 0) is 82.0 Å². The number of aryl methyl sites for hydroxylation is 1. The van der Waals surface area contributed by atoms with Crippen molar-refractivity contribution in [2.24, 2.45) is 5.92 Å². The van der Waals surface area contributed by atoms with E-state index in [9.17, 15) is 4.79 Å². The van der Waals surface area contributed by atoms with Gasteiger partial charge in [-0.25, -0.2) is 4.79 Å². The Morgan fingerprint density at radius 3 is 2.96 bits per heavy atom. The summed E-state index contributed by atoms with van der Waals surface area (Å²) in [4.78, 5) is 14.4. The van der Waals surface area contributed by atoms with Gasteiger partial charge in [0.05, 0.1) is 12.2 Å². The Morgan fingerprint density at radius 1 is 1.42 bits per heavy atom. The molecule has 1 aromatic carbocycles. The molecule has 1 aliphatic rings. The summed E-state index contributed by atoms with van der Waals surface area (Å²) in [6.45, 7) is 10.9. The summed E-state index contributed by atoms with van der Waals surface area (Å²) in [6, 6.07) is 5.46. The van der Waals surface area contributed by atoms with Crippen LogP contribution in [0.3, 0.4) is 0 Å². The molecule has 0 amide bonds. The lowest BCUT2D eigenvalue weighted by molar-refractivity contribution is 0.0526. The average Bonchev–Trinajstić information content (AvgIpc) is 2.61. The highest BCUT2D eigenvalue weighted by Crippen LogP contribution is 2.18. The molecule has 1 saturated heterocycles. The average molecular weight is 378 g/mol. The number of ether oxygens (including phenoxy) is 1. The van der Waals surface area contributed by atoms with E-state index in [2.05, 4.69) is 22.5 Å². The molecule has 1 aliphatic heterocycles. The van der Waals surface area contributed by atoms with E-state index in [1.54, 1.807) is 19.1 Å². The van der Waals surface area contributed by atoms with Gasteiger partial charge in [-0.3, -0.25) is 0 Å². The molecule has 0 aliphatic carbocycles. The Kier molecular flexibility index (Phi) is 8.32. The topological polar surface area (TPSA) is 53.6 Å². The van der Waals surface area contributed by atoms with E-state index in [4.69, 9.17) is 17.0 Å². The summed E-state index contributed by atoms with van der Waals surface area (Å²) in [7, 11) is 0. The molecule has 1 atom stereocenters. The van der Waals surface area contributed by atoms with Crippen molar-refractivity contribution in [3.05, 3.63) is 29.3 Å². The minimum Gasteiger partial charge on any atom is -0.462 e. The summed E-state index contributed by atoms with van der Waals surface area (Å²) >= 11 is 5.39. The molecule has 1 aromatic rings. The number of nitrogens with zero attached hydrogens (tertiary/aromatic N) is 1. The first-order chi connectivity index (χ1) is 12.5. The molecular weight excluding hydrogens is 346 g/mol. The number of thiocarbonyl (C=S) groups is 1. The van der Waals surface area contributed by atoms with Crippen LogP contribution in [0.1, 0.15) is 49.0 Å². The van der Waals surface area contributed by atoms with Crippen LogP contribution in [-0.4, -0.2) is 48.8 Å². The van der Waals surface area contributed by atoms with E-state index in [0.29, 0.717) is 17.3 Å². The fourth-order valence-corrected chi connectivity index (χ4v) is 3.47. The van der Waals surface area contributed by atoms with Crippen LogP contribution in [0.2, 0.25) is 0 Å². The zero-order valence-corrected chi connectivity index (χ0v) is 17.0. The third kappa shape index (κ3) is 6.57. The Bertz CT molecular complexity index is 621. The van der Waals surface area contributed by atoms with Crippen LogP contribution in [0, 0.1) is 12.8 Å². The van der Waals surface area contributed by atoms with Crippen molar-refractivity contribution in [1.82, 2.24) is 10.2 Å². The zero-order chi connectivity index (χ0) is 18.9. The van der Waals surface area contributed by atoms with Crippen LogP contribution in [-0.2, 0) is 4.74 Å². The first kappa shape index (κ1) is 20.6. The quantitative estimate of drug-likeness (QED) is 0.430. The van der Waals surface area contributed by atoms with Crippen molar-refractivity contribution in [2.75, 3.05) is 38.1 Å². The standard InChI is InChI=1S/C20H31N3O2S/c1-4-25-19(24)17-9-8-16(3)18(13-17)22-20(26)21-10-6-12-23-11-5-7-15(2)14-23/h8-9,13,15H,4-7,10-12,14H2,1-3H3,(H2,21,22,26)/t15-/m0/s1. The fourth-order valence-electron chi connectivity index (χ4n) is 3.26. The molecule has 26 heavy (non-hydrogen) atoms. The molecule has 1 fully saturated rings. The van der Waals surface area contributed by atoms with E-state index in [-0.39, 0.29) is 5.97 Å². The molecule has 0 radical (unpaired) electrons. The molecule has 2 rings (SSSR count). The fraction of sp³-hybridized carbons (Fsp3) is 0.600. The van der Waals surface area contributed by atoms with E-state index in [1.807, 2.05) is 13.0 Å². The maximum absolute atomic E-state index is 11.9. The zero-order valence-electron chi connectivity index (χ0n) is 16.1. The van der Waals surface area contributed by atoms with Gasteiger partial charge in [0.15, 0.2) is 5.11 Å². The first-order valence-corrected chi connectivity index (χ1v) is 9.95. The van der Waals surface area contributed by atoms with E-state index in [1.165, 1.54) is 25.9 Å². The largest absolute Gasteiger partial charge is 0.462 e. The van der Waals surface area contributed by atoms with Gasteiger partial charge in [-0.2, -0.15) is 0 Å². The van der Waals surface area contributed by atoms with Crippen molar-refractivity contribution >= 4 is 29.0 Å². The van der Waals surface area contributed by atoms with Gasteiger partial charge in [-0.1, -0.05) is 13.0 Å². The van der Waals surface area contributed by atoms with E-state index in [0.717, 1.165) is 36.7 Å². The maximum atomic E-state index is 11.9. The predicted molar refractivity (Wildman–Crippen MR) is 111 cm³/mol. The lowest BCUT2D eigenvalue weighted by Gasteiger charge is -2.30. The lowest BCUT2D eigenvalue weighted by Crippen LogP contribution is -2.37. The van der Waals surface area contributed by atoms with Crippen LogP contribution >= 0.6 is 12.2 Å². The van der Waals surface area contributed by atoms with Crippen molar-refractivity contribution < 1.29 is 9.53 Å². The van der Waals surface area contributed by atoms with E-state index < -0.39 is 0 Å². The Labute approximate surface area is 162 Å². The summed E-state index contributed by atoms with van der Waals surface area (Å²) in [5.41, 5.74) is 2.39. The van der Waals surface area contributed by atoms with Gasteiger partial charge in [-0.15, -0.1) is 0 Å². The molecule has 1 heterocycles. The first-order valence-electron chi connectivity index (χ1n) is 9.54. The number of piperidine rings is 1. The Morgan fingerprint density at radius 2 is 2.23 bits per heavy atom. The van der Waals surface area contributed by atoms with Gasteiger partial charge in [0.2, 0.25) is 0 Å². The second kappa shape index (κ2) is 10.5. The lowest BCUT2D eigenvalue weighted by atomic mass is 10.0. The number of esters is 1. The maximum Gasteiger partial charge on any atom is 0.338 e. The number of rotatable bonds is 7. The summed E-state index contributed by atoms with van der Waals surface area (Å²) < 4.78 is 5.05. The molecule has 0 unspecified atom stereocenters. The highest BCUT2D eigenvalue weighted by Gasteiger charge is 2.15.